The summed E-state index contributed by atoms with van der Waals surface area (Å²) in [7, 11) is 0. The van der Waals surface area contributed by atoms with Crippen LogP contribution in [0.4, 0.5) is 0 Å². The van der Waals surface area contributed by atoms with Gasteiger partial charge < -0.3 is 10.2 Å². The van der Waals surface area contributed by atoms with E-state index in [9.17, 15) is 9.59 Å². The van der Waals surface area contributed by atoms with Crippen molar-refractivity contribution in [1.82, 2.24) is 10.2 Å². The molecule has 2 heterocycles. The molecule has 2 amide bonds. The number of benzene rings is 1. The van der Waals surface area contributed by atoms with Gasteiger partial charge in [0.1, 0.15) is 0 Å². The van der Waals surface area contributed by atoms with Gasteiger partial charge in [0.15, 0.2) is 0 Å². The van der Waals surface area contributed by atoms with Gasteiger partial charge in [-0.15, -0.1) is 0 Å². The van der Waals surface area contributed by atoms with Gasteiger partial charge in [0.05, 0.1) is 0 Å². The summed E-state index contributed by atoms with van der Waals surface area (Å²) in [5.41, 5.74) is 0.899. The van der Waals surface area contributed by atoms with Crippen LogP contribution in [0.3, 0.4) is 0 Å². The normalized spacial score (nSPS) is 32.6. The molecule has 1 aliphatic carbocycles. The van der Waals surface area contributed by atoms with E-state index in [1.54, 1.807) is 0 Å². The Hall–Kier alpha value is -2.28. The topological polar surface area (TPSA) is 49.4 Å². The van der Waals surface area contributed by atoms with Gasteiger partial charge in [-0.2, -0.15) is 0 Å². The number of hydrogen-bond donors (Lipinski definition) is 1. The van der Waals surface area contributed by atoms with Crippen LogP contribution in [0, 0.1) is 23.7 Å². The third-order valence-corrected chi connectivity index (χ3v) is 6.99. The highest BCUT2D eigenvalue weighted by Gasteiger charge is 2.55. The minimum absolute atomic E-state index is 0.0456. The molecule has 3 fully saturated rings. The second kappa shape index (κ2) is 7.38. The second-order valence-electron chi connectivity index (χ2n) is 8.34. The predicted molar refractivity (Wildman–Crippen MR) is 105 cm³/mol. The van der Waals surface area contributed by atoms with Crippen LogP contribution < -0.4 is 5.32 Å². The van der Waals surface area contributed by atoms with Crippen LogP contribution in [0.2, 0.25) is 0 Å². The Morgan fingerprint density at radius 3 is 2.81 bits per heavy atom. The highest BCUT2D eigenvalue weighted by atomic mass is 16.2. The molecule has 0 radical (unpaired) electrons. The van der Waals surface area contributed by atoms with Crippen molar-refractivity contribution in [3.05, 3.63) is 35.9 Å². The molecule has 1 aromatic carbocycles. The molecule has 1 spiro atoms. The van der Waals surface area contributed by atoms with E-state index in [-0.39, 0.29) is 17.5 Å². The fourth-order valence-electron chi connectivity index (χ4n) is 5.74. The monoisotopic (exact) mass is 364 g/mol. The van der Waals surface area contributed by atoms with Crippen molar-refractivity contribution in [2.75, 3.05) is 6.54 Å². The SMILES string of the molecule is C[C@H]1[C@@H](NC(=O)C#Cc2ccccc2)CC[C@@]23CCCN2C(=O)CCC[C@@H]13. The van der Waals surface area contributed by atoms with Gasteiger partial charge in [-0.25, -0.2) is 0 Å². The quantitative estimate of drug-likeness (QED) is 0.779. The fourth-order valence-corrected chi connectivity index (χ4v) is 5.74. The van der Waals surface area contributed by atoms with Gasteiger partial charge in [-0.05, 0) is 62.5 Å². The van der Waals surface area contributed by atoms with Gasteiger partial charge in [-0.1, -0.05) is 31.0 Å². The Labute approximate surface area is 161 Å². The summed E-state index contributed by atoms with van der Waals surface area (Å²) < 4.78 is 0. The van der Waals surface area contributed by atoms with Crippen LogP contribution in [0.5, 0.6) is 0 Å². The molecule has 1 N–H and O–H groups in total. The lowest BCUT2D eigenvalue weighted by Gasteiger charge is -2.52. The number of hydrogen-bond acceptors (Lipinski definition) is 2. The smallest absolute Gasteiger partial charge is 0.296 e. The predicted octanol–water partition coefficient (Wildman–Crippen LogP) is 3.11. The van der Waals surface area contributed by atoms with Crippen LogP contribution in [0.15, 0.2) is 30.3 Å². The van der Waals surface area contributed by atoms with E-state index in [4.69, 9.17) is 0 Å². The number of nitrogens with zero attached hydrogens (tertiary/aromatic N) is 1. The minimum Gasteiger partial charge on any atom is -0.342 e. The summed E-state index contributed by atoms with van der Waals surface area (Å²) in [4.78, 5) is 27.2. The maximum Gasteiger partial charge on any atom is 0.296 e. The number of rotatable bonds is 1. The first kappa shape index (κ1) is 18.1. The van der Waals surface area contributed by atoms with E-state index in [2.05, 4.69) is 29.0 Å². The summed E-state index contributed by atoms with van der Waals surface area (Å²) in [6.45, 7) is 3.18. The van der Waals surface area contributed by atoms with E-state index in [0.717, 1.165) is 50.6 Å². The Kier molecular flexibility index (Phi) is 4.95. The molecule has 27 heavy (non-hydrogen) atoms. The van der Waals surface area contributed by atoms with Gasteiger partial charge in [0.2, 0.25) is 5.91 Å². The number of nitrogens with one attached hydrogen (secondary N) is 1. The summed E-state index contributed by atoms with van der Waals surface area (Å²) in [5, 5.41) is 3.16. The van der Waals surface area contributed by atoms with E-state index < -0.39 is 0 Å². The summed E-state index contributed by atoms with van der Waals surface area (Å²) in [5.74, 6) is 6.68. The summed E-state index contributed by atoms with van der Waals surface area (Å²) in [6.07, 6.45) is 6.93. The molecule has 1 saturated carbocycles. The third-order valence-electron chi connectivity index (χ3n) is 6.99. The van der Waals surface area contributed by atoms with Gasteiger partial charge >= 0.3 is 0 Å². The van der Waals surface area contributed by atoms with Crippen molar-refractivity contribution >= 4 is 11.8 Å². The molecular weight excluding hydrogens is 336 g/mol. The molecule has 2 aliphatic heterocycles. The Bertz CT molecular complexity index is 779. The highest BCUT2D eigenvalue weighted by Crippen LogP contribution is 2.51. The molecule has 4 nitrogen and oxygen atoms in total. The van der Waals surface area contributed by atoms with Crippen LogP contribution in [0.1, 0.15) is 57.4 Å². The van der Waals surface area contributed by atoms with Gasteiger partial charge in [0.25, 0.3) is 5.91 Å². The largest absolute Gasteiger partial charge is 0.342 e. The molecule has 0 unspecified atom stereocenters. The van der Waals surface area contributed by atoms with Crippen molar-refractivity contribution in [3.8, 4) is 11.8 Å². The molecule has 0 bridgehead atoms. The van der Waals surface area contributed by atoms with Crippen molar-refractivity contribution < 1.29 is 9.59 Å². The molecule has 4 rings (SSSR count). The second-order valence-corrected chi connectivity index (χ2v) is 8.34. The van der Waals surface area contributed by atoms with Gasteiger partial charge in [-0.3, -0.25) is 9.59 Å². The molecule has 142 valence electrons. The van der Waals surface area contributed by atoms with Crippen molar-refractivity contribution in [3.63, 3.8) is 0 Å². The molecule has 0 aromatic heterocycles. The van der Waals surface area contributed by atoms with E-state index >= 15 is 0 Å². The Balaban J connectivity index is 1.47. The molecule has 1 aromatic rings. The lowest BCUT2D eigenvalue weighted by Crippen LogP contribution is -2.59. The first-order valence-corrected chi connectivity index (χ1v) is 10.3. The number of carbonyl (C=O) groups excluding carboxylic acids is 2. The number of amides is 2. The van der Waals surface area contributed by atoms with Crippen molar-refractivity contribution in [1.29, 1.82) is 0 Å². The standard InChI is InChI=1S/C23H28N2O2/c1-17-19-9-5-10-22(27)25-16-6-14-23(19,25)15-13-20(17)24-21(26)12-11-18-7-3-2-4-8-18/h2-4,7-8,17,19-20H,5-6,9-10,13-16H2,1H3,(H,24,26)/t17-,19+,20+,23-/m1/s1. The van der Waals surface area contributed by atoms with E-state index in [1.807, 2.05) is 30.3 Å². The summed E-state index contributed by atoms with van der Waals surface area (Å²) >= 11 is 0. The lowest BCUT2D eigenvalue weighted by atomic mass is 9.63. The zero-order chi connectivity index (χ0) is 18.9. The summed E-state index contributed by atoms with van der Waals surface area (Å²) in [6, 6.07) is 9.74. The third kappa shape index (κ3) is 3.36. The maximum absolute atomic E-state index is 12.6. The first-order valence-electron chi connectivity index (χ1n) is 10.3. The van der Waals surface area contributed by atoms with Gasteiger partial charge in [0, 0.05) is 36.0 Å². The van der Waals surface area contributed by atoms with Crippen LogP contribution in [0.25, 0.3) is 0 Å². The Morgan fingerprint density at radius 2 is 2.00 bits per heavy atom. The van der Waals surface area contributed by atoms with Crippen LogP contribution >= 0.6 is 0 Å². The first-order chi connectivity index (χ1) is 13.1. The molecule has 4 heteroatoms. The molecule has 4 atom stereocenters. The number of carbonyl (C=O) groups is 2. The fraction of sp³-hybridized carbons (Fsp3) is 0.565. The zero-order valence-corrected chi connectivity index (χ0v) is 16.0. The van der Waals surface area contributed by atoms with E-state index in [0.29, 0.717) is 24.2 Å². The van der Waals surface area contributed by atoms with E-state index in [1.165, 1.54) is 0 Å². The highest BCUT2D eigenvalue weighted by molar-refractivity contribution is 5.94. The zero-order valence-electron chi connectivity index (χ0n) is 16.0. The molecule has 3 aliphatic rings. The average Bonchev–Trinajstić information content (AvgIpc) is 3.04. The van der Waals surface area contributed by atoms with Crippen molar-refractivity contribution in [2.45, 2.75) is 63.5 Å². The lowest BCUT2D eigenvalue weighted by molar-refractivity contribution is -0.138. The van der Waals surface area contributed by atoms with Crippen LogP contribution in [-0.2, 0) is 9.59 Å². The molecule has 2 saturated heterocycles. The molecular formula is C23H28N2O2. The minimum atomic E-state index is -0.195. The maximum atomic E-state index is 12.6. The van der Waals surface area contributed by atoms with Crippen LogP contribution in [-0.4, -0.2) is 34.8 Å². The average molecular weight is 364 g/mol. The Morgan fingerprint density at radius 1 is 1.19 bits per heavy atom. The van der Waals surface area contributed by atoms with Crippen molar-refractivity contribution in [2.24, 2.45) is 11.8 Å².